The average Bonchev–Trinajstić information content (AvgIpc) is 2.92. The van der Waals surface area contributed by atoms with Gasteiger partial charge in [-0.05, 0) is 59.0 Å². The molecule has 1 N–H and O–H groups in total. The molecule has 0 saturated carbocycles. The van der Waals surface area contributed by atoms with Gasteiger partial charge in [0.05, 0.1) is 0 Å². The van der Waals surface area contributed by atoms with E-state index >= 15 is 0 Å². The molecule has 0 spiro atoms. The molecule has 0 unspecified atom stereocenters. The Kier molecular flexibility index (Phi) is 3.22. The van der Waals surface area contributed by atoms with Crippen LogP contribution in [0.5, 0.6) is 0 Å². The van der Waals surface area contributed by atoms with Gasteiger partial charge in [-0.2, -0.15) is 0 Å². The fourth-order valence-electron chi connectivity index (χ4n) is 2.59. The average molecular weight is 270 g/mol. The van der Waals surface area contributed by atoms with Gasteiger partial charge in [0.25, 0.3) is 0 Å². The molecule has 3 heteroatoms. The number of rotatable bonds is 2. The van der Waals surface area contributed by atoms with Crippen molar-refractivity contribution < 1.29 is 9.90 Å². The Balaban J connectivity index is 2.09. The summed E-state index contributed by atoms with van der Waals surface area (Å²) in [6.45, 7) is 0. The van der Waals surface area contributed by atoms with Gasteiger partial charge in [-0.3, -0.25) is 0 Å². The summed E-state index contributed by atoms with van der Waals surface area (Å²) in [6, 6.07) is 10.5. The molecule has 2 nitrogen and oxygen atoms in total. The predicted molar refractivity (Wildman–Crippen MR) is 78.3 cm³/mol. The molecule has 19 heavy (non-hydrogen) atoms. The van der Waals surface area contributed by atoms with Crippen molar-refractivity contribution in [3.05, 3.63) is 52.9 Å². The van der Waals surface area contributed by atoms with E-state index in [0.29, 0.717) is 0 Å². The minimum absolute atomic E-state index is 0.854. The second kappa shape index (κ2) is 5.02. The van der Waals surface area contributed by atoms with Crippen LogP contribution in [0.15, 0.2) is 41.8 Å². The molecule has 1 heterocycles. The van der Waals surface area contributed by atoms with Crippen molar-refractivity contribution in [2.24, 2.45) is 0 Å². The SMILES string of the molecule is O=C(O)/C=C1\CCCc2ccc(-c3cccs3)cc21. The normalized spacial score (nSPS) is 16.3. The maximum atomic E-state index is 10.9. The molecular formula is C16H14O2S. The summed E-state index contributed by atoms with van der Waals surface area (Å²) < 4.78 is 0. The molecule has 1 aromatic carbocycles. The molecule has 0 amide bonds. The number of aryl methyl sites for hydroxylation is 1. The van der Waals surface area contributed by atoms with Gasteiger partial charge in [-0.1, -0.05) is 18.2 Å². The zero-order valence-electron chi connectivity index (χ0n) is 10.4. The first-order chi connectivity index (χ1) is 9.24. The highest BCUT2D eigenvalue weighted by molar-refractivity contribution is 7.13. The first-order valence-corrected chi connectivity index (χ1v) is 7.23. The van der Waals surface area contributed by atoms with Gasteiger partial charge < -0.3 is 5.11 Å². The van der Waals surface area contributed by atoms with Crippen LogP contribution in [0, 0.1) is 0 Å². The lowest BCUT2D eigenvalue weighted by molar-refractivity contribution is -0.131. The zero-order valence-corrected chi connectivity index (χ0v) is 11.2. The van der Waals surface area contributed by atoms with Crippen LogP contribution in [0.4, 0.5) is 0 Å². The number of benzene rings is 1. The zero-order chi connectivity index (χ0) is 13.2. The summed E-state index contributed by atoms with van der Waals surface area (Å²) in [4.78, 5) is 12.1. The van der Waals surface area contributed by atoms with Gasteiger partial charge in [-0.15, -0.1) is 11.3 Å². The molecule has 0 fully saturated rings. The number of fused-ring (bicyclic) bond motifs is 1. The van der Waals surface area contributed by atoms with Crippen molar-refractivity contribution in [2.75, 3.05) is 0 Å². The molecule has 0 aliphatic heterocycles. The van der Waals surface area contributed by atoms with Crippen LogP contribution < -0.4 is 0 Å². The topological polar surface area (TPSA) is 37.3 Å². The molecule has 96 valence electrons. The molecule has 2 aromatic rings. The first-order valence-electron chi connectivity index (χ1n) is 6.35. The summed E-state index contributed by atoms with van der Waals surface area (Å²) in [5.41, 5.74) is 4.50. The minimum Gasteiger partial charge on any atom is -0.478 e. The van der Waals surface area contributed by atoms with Crippen LogP contribution in [0.25, 0.3) is 16.0 Å². The summed E-state index contributed by atoms with van der Waals surface area (Å²) in [7, 11) is 0. The van der Waals surface area contributed by atoms with E-state index in [4.69, 9.17) is 5.11 Å². The molecule has 0 radical (unpaired) electrons. The smallest absolute Gasteiger partial charge is 0.328 e. The lowest BCUT2D eigenvalue weighted by Gasteiger charge is -2.19. The first kappa shape index (κ1) is 12.2. The number of hydrogen-bond donors (Lipinski definition) is 1. The van der Waals surface area contributed by atoms with E-state index in [0.717, 1.165) is 30.4 Å². The number of aliphatic carboxylic acids is 1. The number of carbonyl (C=O) groups is 1. The van der Waals surface area contributed by atoms with Crippen molar-refractivity contribution in [1.82, 2.24) is 0 Å². The summed E-state index contributed by atoms with van der Waals surface area (Å²) in [6.07, 6.45) is 4.28. The fraction of sp³-hybridized carbons (Fsp3) is 0.188. The Labute approximate surface area is 116 Å². The third-order valence-corrected chi connectivity index (χ3v) is 4.37. The second-order valence-corrected chi connectivity index (χ2v) is 5.66. The van der Waals surface area contributed by atoms with Crippen LogP contribution in [0.3, 0.4) is 0 Å². The van der Waals surface area contributed by atoms with E-state index in [-0.39, 0.29) is 0 Å². The van der Waals surface area contributed by atoms with E-state index in [1.54, 1.807) is 11.3 Å². The van der Waals surface area contributed by atoms with Crippen LogP contribution in [-0.4, -0.2) is 11.1 Å². The largest absolute Gasteiger partial charge is 0.478 e. The summed E-state index contributed by atoms with van der Waals surface area (Å²) in [5, 5.41) is 11.0. The molecule has 1 aliphatic carbocycles. The highest BCUT2D eigenvalue weighted by Crippen LogP contribution is 2.35. The molecule has 0 saturated heterocycles. The Morgan fingerprint density at radius 2 is 2.16 bits per heavy atom. The number of allylic oxidation sites excluding steroid dienone is 1. The second-order valence-electron chi connectivity index (χ2n) is 4.71. The van der Waals surface area contributed by atoms with Crippen molar-refractivity contribution in [2.45, 2.75) is 19.3 Å². The fourth-order valence-corrected chi connectivity index (χ4v) is 3.32. The van der Waals surface area contributed by atoms with Crippen molar-refractivity contribution in [3.8, 4) is 10.4 Å². The number of thiophene rings is 1. The molecule has 1 aliphatic rings. The van der Waals surface area contributed by atoms with Gasteiger partial charge in [-0.25, -0.2) is 4.79 Å². The highest BCUT2D eigenvalue weighted by atomic mass is 32.1. The predicted octanol–water partition coefficient (Wildman–Crippen LogP) is 4.22. The highest BCUT2D eigenvalue weighted by Gasteiger charge is 2.16. The Hall–Kier alpha value is -1.87. The van der Waals surface area contributed by atoms with E-state index in [9.17, 15) is 4.79 Å². The van der Waals surface area contributed by atoms with Crippen LogP contribution in [-0.2, 0) is 11.2 Å². The van der Waals surface area contributed by atoms with Crippen molar-refractivity contribution in [3.63, 3.8) is 0 Å². The lowest BCUT2D eigenvalue weighted by Crippen LogP contribution is -2.04. The van der Waals surface area contributed by atoms with E-state index in [2.05, 4.69) is 29.6 Å². The van der Waals surface area contributed by atoms with Gasteiger partial charge in [0.15, 0.2) is 0 Å². The Bertz CT molecular complexity index is 639. The molecule has 3 rings (SSSR count). The van der Waals surface area contributed by atoms with E-state index in [1.165, 1.54) is 22.1 Å². The molecule has 0 bridgehead atoms. The minimum atomic E-state index is -0.857. The Morgan fingerprint density at radius 1 is 1.26 bits per heavy atom. The third kappa shape index (κ3) is 2.47. The standard InChI is InChI=1S/C16H14O2S/c17-16(18)10-12-4-1-3-11-6-7-13(9-14(11)12)15-5-2-8-19-15/h2,5-10H,1,3-4H2,(H,17,18)/b12-10+. The van der Waals surface area contributed by atoms with Gasteiger partial charge in [0.1, 0.15) is 0 Å². The lowest BCUT2D eigenvalue weighted by atomic mass is 9.86. The van der Waals surface area contributed by atoms with Gasteiger partial charge in [0, 0.05) is 11.0 Å². The van der Waals surface area contributed by atoms with Crippen molar-refractivity contribution in [1.29, 1.82) is 0 Å². The van der Waals surface area contributed by atoms with E-state index in [1.807, 2.05) is 6.07 Å². The van der Waals surface area contributed by atoms with Crippen LogP contribution in [0.2, 0.25) is 0 Å². The van der Waals surface area contributed by atoms with Crippen molar-refractivity contribution >= 4 is 22.9 Å². The maximum Gasteiger partial charge on any atom is 0.328 e. The number of carboxylic acids is 1. The van der Waals surface area contributed by atoms with Gasteiger partial charge in [0.2, 0.25) is 0 Å². The molecule has 1 aromatic heterocycles. The summed E-state index contributed by atoms with van der Waals surface area (Å²) >= 11 is 1.71. The van der Waals surface area contributed by atoms with Crippen LogP contribution in [0.1, 0.15) is 24.0 Å². The monoisotopic (exact) mass is 270 g/mol. The van der Waals surface area contributed by atoms with Gasteiger partial charge >= 0.3 is 5.97 Å². The summed E-state index contributed by atoms with van der Waals surface area (Å²) in [5.74, 6) is -0.857. The maximum absolute atomic E-state index is 10.9. The van der Waals surface area contributed by atoms with E-state index < -0.39 is 5.97 Å². The Morgan fingerprint density at radius 3 is 2.89 bits per heavy atom. The quantitative estimate of drug-likeness (QED) is 0.830. The molecular weight excluding hydrogens is 256 g/mol. The number of carboxylic acid groups (broad SMARTS) is 1. The number of hydrogen-bond acceptors (Lipinski definition) is 2. The third-order valence-electron chi connectivity index (χ3n) is 3.45. The van der Waals surface area contributed by atoms with Crippen LogP contribution >= 0.6 is 11.3 Å². The molecule has 0 atom stereocenters.